The number of aryl methyl sites for hydroxylation is 1. The molecular weight excluding hydrogens is 258 g/mol. The average Bonchev–Trinajstić information content (AvgIpc) is 2.74. The van der Waals surface area contributed by atoms with E-state index < -0.39 is 0 Å². The Kier molecular flexibility index (Phi) is 4.27. The van der Waals surface area contributed by atoms with Gasteiger partial charge in [-0.2, -0.15) is 0 Å². The maximum absolute atomic E-state index is 12.2. The molecule has 0 aromatic heterocycles. The summed E-state index contributed by atoms with van der Waals surface area (Å²) in [6.45, 7) is 6.79. The number of benzene rings is 1. The van der Waals surface area contributed by atoms with Crippen molar-refractivity contribution >= 4 is 22.8 Å². The summed E-state index contributed by atoms with van der Waals surface area (Å²) in [5.74, 6) is 0.344. The number of hydrogen-bond donors (Lipinski definition) is 2. The predicted molar refractivity (Wildman–Crippen MR) is 80.6 cm³/mol. The van der Waals surface area contributed by atoms with E-state index in [0.717, 1.165) is 5.56 Å². The first kappa shape index (κ1) is 14.1. The van der Waals surface area contributed by atoms with Gasteiger partial charge in [0.05, 0.1) is 11.9 Å². The monoisotopic (exact) mass is 277 g/mol. The number of nitrogens with one attached hydrogen (secondary N) is 1. The third-order valence-corrected chi connectivity index (χ3v) is 3.97. The Hall–Kier alpha value is -1.33. The highest BCUT2D eigenvalue weighted by Gasteiger charge is 2.19. The summed E-state index contributed by atoms with van der Waals surface area (Å²) < 4.78 is 0. The molecule has 1 aromatic rings. The van der Waals surface area contributed by atoms with Crippen LogP contribution in [-0.4, -0.2) is 23.0 Å². The molecule has 1 aromatic carbocycles. The van der Waals surface area contributed by atoms with Crippen LogP contribution in [-0.2, 0) is 0 Å². The lowest BCUT2D eigenvalue weighted by Gasteiger charge is -2.11. The number of nitrogens with zero attached hydrogens (tertiary/aromatic N) is 1. The Morgan fingerprint density at radius 1 is 1.53 bits per heavy atom. The molecule has 3 N–H and O–H groups in total. The van der Waals surface area contributed by atoms with E-state index in [0.29, 0.717) is 23.2 Å². The molecule has 0 saturated carbocycles. The van der Waals surface area contributed by atoms with Gasteiger partial charge in [-0.3, -0.25) is 9.79 Å². The van der Waals surface area contributed by atoms with Crippen molar-refractivity contribution in [2.24, 2.45) is 10.7 Å². The van der Waals surface area contributed by atoms with Crippen molar-refractivity contribution < 1.29 is 4.79 Å². The van der Waals surface area contributed by atoms with Crippen molar-refractivity contribution in [2.45, 2.75) is 32.1 Å². The Morgan fingerprint density at radius 2 is 2.26 bits per heavy atom. The van der Waals surface area contributed by atoms with Crippen LogP contribution in [0.5, 0.6) is 0 Å². The smallest absolute Gasteiger partial charge is 0.257 e. The summed E-state index contributed by atoms with van der Waals surface area (Å²) in [5, 5.41) is 3.38. The number of hydrogen-bond acceptors (Lipinski definition) is 4. The fourth-order valence-corrected chi connectivity index (χ4v) is 2.66. The highest BCUT2D eigenvalue weighted by Crippen LogP contribution is 2.19. The molecule has 1 unspecified atom stereocenters. The summed E-state index contributed by atoms with van der Waals surface area (Å²) in [6.07, 6.45) is 0. The lowest BCUT2D eigenvalue weighted by molar-refractivity contribution is 0.0977. The molecule has 0 saturated heterocycles. The molecule has 5 heteroatoms. The van der Waals surface area contributed by atoms with E-state index in [4.69, 9.17) is 5.73 Å². The van der Waals surface area contributed by atoms with Crippen LogP contribution >= 0.6 is 11.8 Å². The van der Waals surface area contributed by atoms with Gasteiger partial charge in [-0.15, -0.1) is 0 Å². The molecule has 19 heavy (non-hydrogen) atoms. The zero-order valence-electron chi connectivity index (χ0n) is 11.4. The molecule has 0 bridgehead atoms. The third kappa shape index (κ3) is 3.36. The highest BCUT2D eigenvalue weighted by atomic mass is 32.2. The van der Waals surface area contributed by atoms with Gasteiger partial charge in [-0.05, 0) is 30.0 Å². The molecule has 2 rings (SSSR count). The zero-order valence-corrected chi connectivity index (χ0v) is 12.3. The first-order valence-corrected chi connectivity index (χ1v) is 7.24. The number of aliphatic imine (C=N–C) groups is 1. The minimum Gasteiger partial charge on any atom is -0.317 e. The Labute approximate surface area is 117 Å². The third-order valence-electron chi connectivity index (χ3n) is 3.06. The van der Waals surface area contributed by atoms with Crippen molar-refractivity contribution in [3.8, 4) is 0 Å². The van der Waals surface area contributed by atoms with Gasteiger partial charge in [0.15, 0.2) is 5.17 Å². The van der Waals surface area contributed by atoms with Gasteiger partial charge < -0.3 is 11.1 Å². The number of amides is 1. The van der Waals surface area contributed by atoms with Crippen LogP contribution in [0.2, 0.25) is 0 Å². The van der Waals surface area contributed by atoms with E-state index in [1.54, 1.807) is 0 Å². The molecule has 0 fully saturated rings. The first-order chi connectivity index (χ1) is 8.97. The molecule has 4 nitrogen and oxygen atoms in total. The Bertz CT molecular complexity index is 525. The van der Waals surface area contributed by atoms with E-state index >= 15 is 0 Å². The SMILES string of the molecule is Cc1cc(C(C)C)ccc1C(=O)NC1=NCC(N)S1. The van der Waals surface area contributed by atoms with Gasteiger partial charge in [-0.1, -0.05) is 37.7 Å². The number of rotatable bonds is 2. The maximum Gasteiger partial charge on any atom is 0.257 e. The quantitative estimate of drug-likeness (QED) is 0.871. The summed E-state index contributed by atoms with van der Waals surface area (Å²) in [4.78, 5) is 16.3. The second kappa shape index (κ2) is 5.75. The van der Waals surface area contributed by atoms with Crippen molar-refractivity contribution in [2.75, 3.05) is 6.54 Å². The number of carbonyl (C=O) groups is 1. The van der Waals surface area contributed by atoms with Crippen LogP contribution in [0.1, 0.15) is 41.3 Å². The van der Waals surface area contributed by atoms with Crippen LogP contribution in [0, 0.1) is 6.92 Å². The summed E-state index contributed by atoms with van der Waals surface area (Å²) in [6, 6.07) is 5.94. The van der Waals surface area contributed by atoms with E-state index in [2.05, 4.69) is 30.2 Å². The number of thioether (sulfide) groups is 1. The van der Waals surface area contributed by atoms with E-state index in [9.17, 15) is 4.79 Å². The van der Waals surface area contributed by atoms with Gasteiger partial charge in [0.2, 0.25) is 0 Å². The second-order valence-corrected chi connectivity index (χ2v) is 6.21. The largest absolute Gasteiger partial charge is 0.317 e. The average molecular weight is 277 g/mol. The number of nitrogens with two attached hydrogens (primary N) is 1. The fraction of sp³-hybridized carbons (Fsp3) is 0.429. The number of amidine groups is 1. The molecule has 1 aliphatic heterocycles. The van der Waals surface area contributed by atoms with Crippen LogP contribution in [0.4, 0.5) is 0 Å². The van der Waals surface area contributed by atoms with Crippen LogP contribution in [0.3, 0.4) is 0 Å². The van der Waals surface area contributed by atoms with E-state index in [1.807, 2.05) is 19.1 Å². The lowest BCUT2D eigenvalue weighted by Crippen LogP contribution is -2.29. The van der Waals surface area contributed by atoms with Crippen LogP contribution in [0.15, 0.2) is 23.2 Å². The lowest BCUT2D eigenvalue weighted by atomic mass is 9.98. The van der Waals surface area contributed by atoms with E-state index in [1.165, 1.54) is 17.3 Å². The topological polar surface area (TPSA) is 67.5 Å². The van der Waals surface area contributed by atoms with E-state index in [-0.39, 0.29) is 11.3 Å². The van der Waals surface area contributed by atoms with Crippen LogP contribution in [0.25, 0.3) is 0 Å². The molecule has 0 spiro atoms. The van der Waals surface area contributed by atoms with Crippen molar-refractivity contribution in [3.63, 3.8) is 0 Å². The van der Waals surface area contributed by atoms with Gasteiger partial charge in [-0.25, -0.2) is 0 Å². The minimum absolute atomic E-state index is 0.0419. The van der Waals surface area contributed by atoms with Crippen LogP contribution < -0.4 is 11.1 Å². The van der Waals surface area contributed by atoms with Crippen molar-refractivity contribution in [1.82, 2.24) is 5.32 Å². The first-order valence-electron chi connectivity index (χ1n) is 6.36. The van der Waals surface area contributed by atoms with Gasteiger partial charge in [0.25, 0.3) is 5.91 Å². The van der Waals surface area contributed by atoms with Gasteiger partial charge in [0.1, 0.15) is 0 Å². The molecule has 102 valence electrons. The van der Waals surface area contributed by atoms with Gasteiger partial charge in [0, 0.05) is 5.56 Å². The molecule has 1 aliphatic rings. The highest BCUT2D eigenvalue weighted by molar-refractivity contribution is 8.14. The summed E-state index contributed by atoms with van der Waals surface area (Å²) in [7, 11) is 0. The molecule has 1 amide bonds. The molecule has 0 radical (unpaired) electrons. The summed E-state index contributed by atoms with van der Waals surface area (Å²) >= 11 is 1.40. The standard InChI is InChI=1S/C14H19N3OS/c1-8(2)10-4-5-11(9(3)6-10)13(18)17-14-16-7-12(15)19-14/h4-6,8,12H,7,15H2,1-3H3,(H,16,17,18). The van der Waals surface area contributed by atoms with Crippen molar-refractivity contribution in [3.05, 3.63) is 34.9 Å². The van der Waals surface area contributed by atoms with Gasteiger partial charge >= 0.3 is 0 Å². The summed E-state index contributed by atoms with van der Waals surface area (Å²) in [5.41, 5.74) is 8.63. The fourth-order valence-electron chi connectivity index (χ4n) is 1.93. The molecule has 0 aliphatic carbocycles. The molecule has 1 atom stereocenters. The maximum atomic E-state index is 12.2. The Balaban J connectivity index is 2.11. The normalized spacial score (nSPS) is 18.6. The molecule has 1 heterocycles. The second-order valence-electron chi connectivity index (χ2n) is 4.99. The number of carbonyl (C=O) groups excluding carboxylic acids is 1. The Morgan fingerprint density at radius 3 is 2.79 bits per heavy atom. The van der Waals surface area contributed by atoms with Crippen molar-refractivity contribution in [1.29, 1.82) is 0 Å². The predicted octanol–water partition coefficient (Wildman–Crippen LogP) is 2.24. The molecular formula is C14H19N3OS. The minimum atomic E-state index is -0.117. The zero-order chi connectivity index (χ0) is 14.0.